The Morgan fingerprint density at radius 3 is 2.42 bits per heavy atom. The summed E-state index contributed by atoms with van der Waals surface area (Å²) in [6.45, 7) is 2.94. The first-order chi connectivity index (χ1) is 14.5. The highest BCUT2D eigenvalue weighted by Gasteiger charge is 2.49. The van der Waals surface area contributed by atoms with Crippen LogP contribution in [0, 0.1) is 5.92 Å². The molecule has 0 amide bonds. The number of anilines is 1. The minimum Gasteiger partial charge on any atom is -0.499 e. The first-order valence-corrected chi connectivity index (χ1v) is 12.0. The maximum absolute atomic E-state index is 12.8. The lowest BCUT2D eigenvalue weighted by atomic mass is 9.83. The highest BCUT2D eigenvalue weighted by atomic mass is 32.2. The van der Waals surface area contributed by atoms with Gasteiger partial charge in [0.25, 0.3) is 5.79 Å². The molecule has 31 heavy (non-hydrogen) atoms. The summed E-state index contributed by atoms with van der Waals surface area (Å²) in [6, 6.07) is 8.11. The summed E-state index contributed by atoms with van der Waals surface area (Å²) in [5.41, 5.74) is 1.38. The first-order valence-electron chi connectivity index (χ1n) is 9.27. The fraction of sp³-hybridized carbons (Fsp3) is 0.300. The summed E-state index contributed by atoms with van der Waals surface area (Å²) >= 11 is 1.03. The smallest absolute Gasteiger partial charge is 0.324 e. The molecule has 9 nitrogen and oxygen atoms in total. The van der Waals surface area contributed by atoms with Gasteiger partial charge < -0.3 is 19.6 Å². The molecule has 0 bridgehead atoms. The van der Waals surface area contributed by atoms with Crippen molar-refractivity contribution in [1.29, 1.82) is 0 Å². The van der Waals surface area contributed by atoms with Crippen molar-refractivity contribution in [2.45, 2.75) is 25.6 Å². The van der Waals surface area contributed by atoms with Crippen LogP contribution in [-0.2, 0) is 29.1 Å². The summed E-state index contributed by atoms with van der Waals surface area (Å²) in [6.07, 6.45) is 2.66. The Bertz CT molecular complexity index is 1270. The molecule has 1 aliphatic heterocycles. The second-order valence-corrected chi connectivity index (χ2v) is 10.6. The molecule has 0 aliphatic carbocycles. The molecule has 1 unspecified atom stereocenters. The molecule has 2 aromatic heterocycles. The highest BCUT2D eigenvalue weighted by Crippen LogP contribution is 2.44. The van der Waals surface area contributed by atoms with E-state index >= 15 is 0 Å². The Kier molecular flexibility index (Phi) is 4.97. The van der Waals surface area contributed by atoms with Gasteiger partial charge in [0.1, 0.15) is 0 Å². The van der Waals surface area contributed by atoms with E-state index in [-0.39, 0.29) is 5.06 Å². The predicted molar refractivity (Wildman–Crippen MR) is 114 cm³/mol. The zero-order valence-corrected chi connectivity index (χ0v) is 18.5. The normalized spacial score (nSPS) is 17.9. The van der Waals surface area contributed by atoms with Gasteiger partial charge in [0.2, 0.25) is 10.0 Å². The molecule has 1 saturated heterocycles. The molecule has 0 radical (unpaired) electrons. The third kappa shape index (κ3) is 4.10. The molecule has 3 aromatic rings. The maximum Gasteiger partial charge on any atom is 0.324 e. The third-order valence-electron chi connectivity index (χ3n) is 4.83. The van der Waals surface area contributed by atoms with Crippen molar-refractivity contribution >= 4 is 49.9 Å². The van der Waals surface area contributed by atoms with Crippen molar-refractivity contribution in [3.63, 3.8) is 0 Å². The number of thiophene rings is 1. The molecule has 1 atom stereocenters. The summed E-state index contributed by atoms with van der Waals surface area (Å²) in [4.78, 5) is 29.3. The number of ether oxygens (including phenoxy) is 2. The van der Waals surface area contributed by atoms with E-state index in [0.29, 0.717) is 27.0 Å². The van der Waals surface area contributed by atoms with E-state index in [1.807, 2.05) is 0 Å². The van der Waals surface area contributed by atoms with Gasteiger partial charge in [-0.3, -0.25) is 14.3 Å². The zero-order valence-electron chi connectivity index (χ0n) is 16.8. The maximum atomic E-state index is 12.8. The number of nitrogens with one attached hydrogen (secondary N) is 2. The second-order valence-electron chi connectivity index (χ2n) is 7.72. The number of cyclic esters (lactones) is 2. The fourth-order valence-electron chi connectivity index (χ4n) is 3.73. The van der Waals surface area contributed by atoms with E-state index in [2.05, 4.69) is 9.71 Å². The molecule has 3 heterocycles. The predicted octanol–water partition coefficient (Wildman–Crippen LogP) is 2.89. The quantitative estimate of drug-likeness (QED) is 0.390. The van der Waals surface area contributed by atoms with Crippen molar-refractivity contribution in [2.75, 3.05) is 11.0 Å². The van der Waals surface area contributed by atoms with E-state index in [1.54, 1.807) is 30.5 Å². The van der Waals surface area contributed by atoms with Crippen LogP contribution >= 0.6 is 11.3 Å². The van der Waals surface area contributed by atoms with Gasteiger partial charge in [-0.15, -0.1) is 11.3 Å². The van der Waals surface area contributed by atoms with Gasteiger partial charge in [0.05, 0.1) is 17.5 Å². The number of hydrogen-bond acceptors (Lipinski definition) is 8. The van der Waals surface area contributed by atoms with Gasteiger partial charge in [-0.1, -0.05) is 12.1 Å². The van der Waals surface area contributed by atoms with Gasteiger partial charge in [-0.2, -0.15) is 0 Å². The molecule has 164 valence electrons. The van der Waals surface area contributed by atoms with E-state index in [0.717, 1.165) is 17.6 Å². The number of esters is 2. The van der Waals surface area contributed by atoms with Crippen LogP contribution in [0.3, 0.4) is 0 Å². The van der Waals surface area contributed by atoms with Crippen LogP contribution in [0.2, 0.25) is 0 Å². The lowest BCUT2D eigenvalue weighted by Gasteiger charge is -2.35. The molecular formula is C20H20N2O7S2. The van der Waals surface area contributed by atoms with Crippen LogP contribution < -0.4 is 4.72 Å². The van der Waals surface area contributed by atoms with Crippen LogP contribution in [-0.4, -0.2) is 42.5 Å². The average Bonchev–Trinajstić information content (AvgIpc) is 3.23. The van der Waals surface area contributed by atoms with Crippen LogP contribution in [0.1, 0.15) is 30.2 Å². The van der Waals surface area contributed by atoms with E-state index in [1.165, 1.54) is 19.9 Å². The van der Waals surface area contributed by atoms with Crippen molar-refractivity contribution < 1.29 is 32.6 Å². The van der Waals surface area contributed by atoms with E-state index in [9.17, 15) is 23.1 Å². The lowest BCUT2D eigenvalue weighted by Crippen LogP contribution is -2.48. The number of carbonyl (C=O) groups is 2. The van der Waals surface area contributed by atoms with Gasteiger partial charge in [-0.05, 0) is 23.8 Å². The minimum absolute atomic E-state index is 0.0251. The van der Waals surface area contributed by atoms with Gasteiger partial charge in [0, 0.05) is 36.2 Å². The number of rotatable bonds is 5. The van der Waals surface area contributed by atoms with Crippen molar-refractivity contribution in [1.82, 2.24) is 4.98 Å². The van der Waals surface area contributed by atoms with Gasteiger partial charge >= 0.3 is 11.9 Å². The molecule has 4 rings (SSSR count). The number of aromatic amines is 1. The largest absolute Gasteiger partial charge is 0.499 e. The van der Waals surface area contributed by atoms with Crippen molar-refractivity contribution in [3.05, 3.63) is 47.0 Å². The SMILES string of the molecule is CC1(C)OC(=O)C(C(c2ccc(O)s2)c2c[nH]c3c(NS(C)(=O)=O)cccc23)C(=O)O1. The fourth-order valence-corrected chi connectivity index (χ4v) is 5.20. The second kappa shape index (κ2) is 7.27. The summed E-state index contributed by atoms with van der Waals surface area (Å²) in [5, 5.41) is 10.5. The minimum atomic E-state index is -3.53. The lowest BCUT2D eigenvalue weighted by molar-refractivity contribution is -0.240. The molecule has 1 fully saturated rings. The molecule has 0 saturated carbocycles. The standard InChI is InChI=1S/C20H20N2O7S2/c1-20(2)28-18(24)16(19(25)29-20)15(13-7-8-14(23)30-13)11-9-21-17-10(11)5-4-6-12(17)22-31(3,26)27/h4-9,15-16,21-23H,1-3H3. The molecule has 11 heteroatoms. The first kappa shape index (κ1) is 21.2. The average molecular weight is 465 g/mol. The van der Waals surface area contributed by atoms with Crippen LogP contribution in [0.25, 0.3) is 10.9 Å². The molecular weight excluding hydrogens is 444 g/mol. The molecule has 0 spiro atoms. The van der Waals surface area contributed by atoms with Crippen LogP contribution in [0.5, 0.6) is 5.06 Å². The third-order valence-corrected chi connectivity index (χ3v) is 6.39. The summed E-state index contributed by atoms with van der Waals surface area (Å²) < 4.78 is 36.6. The zero-order chi connectivity index (χ0) is 22.6. The summed E-state index contributed by atoms with van der Waals surface area (Å²) in [5.74, 6) is -4.96. The monoisotopic (exact) mass is 464 g/mol. The number of H-pyrrole nitrogens is 1. The molecule has 1 aromatic carbocycles. The highest BCUT2D eigenvalue weighted by molar-refractivity contribution is 7.92. The van der Waals surface area contributed by atoms with Crippen LogP contribution in [0.15, 0.2) is 36.5 Å². The Morgan fingerprint density at radius 1 is 1.16 bits per heavy atom. The Morgan fingerprint density at radius 2 is 1.84 bits per heavy atom. The van der Waals surface area contributed by atoms with Crippen molar-refractivity contribution in [3.8, 4) is 5.06 Å². The molecule has 1 aliphatic rings. The Hall–Kier alpha value is -3.05. The van der Waals surface area contributed by atoms with Crippen LogP contribution in [0.4, 0.5) is 5.69 Å². The topological polar surface area (TPSA) is 135 Å². The number of sulfonamides is 1. The number of benzene rings is 1. The number of hydrogen-bond donors (Lipinski definition) is 3. The van der Waals surface area contributed by atoms with Gasteiger partial charge in [-0.25, -0.2) is 8.42 Å². The van der Waals surface area contributed by atoms with Gasteiger partial charge in [0.15, 0.2) is 11.0 Å². The number of aromatic nitrogens is 1. The van der Waals surface area contributed by atoms with E-state index < -0.39 is 39.6 Å². The Labute approximate surface area is 182 Å². The van der Waals surface area contributed by atoms with Crippen molar-refractivity contribution in [2.24, 2.45) is 5.92 Å². The number of fused-ring (bicyclic) bond motifs is 1. The number of aromatic hydroxyl groups is 1. The molecule has 3 N–H and O–H groups in total. The summed E-state index contributed by atoms with van der Waals surface area (Å²) in [7, 11) is -3.53. The van der Waals surface area contributed by atoms with E-state index in [4.69, 9.17) is 9.47 Å². The number of carbonyl (C=O) groups excluding carboxylic acids is 2. The number of para-hydroxylation sites is 1. The Balaban J connectivity index is 1.88.